The van der Waals surface area contributed by atoms with Crippen molar-refractivity contribution in [3.63, 3.8) is 0 Å². The summed E-state index contributed by atoms with van der Waals surface area (Å²) in [6.07, 6.45) is 12.5. The third-order valence-corrected chi connectivity index (χ3v) is 5.16. The summed E-state index contributed by atoms with van der Waals surface area (Å²) in [5, 5.41) is 12.5. The number of rotatable bonds is 5. The van der Waals surface area contributed by atoms with Gasteiger partial charge in [0.1, 0.15) is 12.1 Å². The second-order valence-electron chi connectivity index (χ2n) is 6.85. The zero-order valence-electron chi connectivity index (χ0n) is 14.8. The molecule has 2 atom stereocenters. The van der Waals surface area contributed by atoms with Gasteiger partial charge in [-0.1, -0.05) is 12.0 Å². The summed E-state index contributed by atoms with van der Waals surface area (Å²) in [5.41, 5.74) is 0. The number of amides is 1. The first-order valence-electron chi connectivity index (χ1n) is 9.19. The van der Waals surface area contributed by atoms with Crippen LogP contribution in [0.2, 0.25) is 0 Å². The number of carbonyl (C=O) groups excluding carboxylic acids is 1. The lowest BCUT2D eigenvalue weighted by Gasteiger charge is -2.30. The van der Waals surface area contributed by atoms with Gasteiger partial charge in [0.05, 0.1) is 18.7 Å². The van der Waals surface area contributed by atoms with Crippen molar-refractivity contribution in [1.29, 1.82) is 5.26 Å². The first-order chi connectivity index (χ1) is 12.7. The molecule has 136 valence electrons. The number of aromatic nitrogens is 1. The minimum atomic E-state index is -0.396. The Balaban J connectivity index is 1.43. The topological polar surface area (TPSA) is 78.2 Å². The molecule has 1 aromatic heterocycles. The molecule has 1 aromatic rings. The normalized spacial score (nSPS) is 28.2. The van der Waals surface area contributed by atoms with Crippen molar-refractivity contribution >= 4 is 5.91 Å². The molecule has 0 unspecified atom stereocenters. The van der Waals surface area contributed by atoms with E-state index in [1.807, 2.05) is 18.2 Å². The van der Waals surface area contributed by atoms with Gasteiger partial charge in [-0.3, -0.25) is 4.79 Å². The molecule has 1 amide bonds. The number of nitriles is 1. The number of pyridine rings is 1. The first-order valence-corrected chi connectivity index (χ1v) is 9.19. The van der Waals surface area contributed by atoms with Crippen LogP contribution in [0.5, 0.6) is 5.88 Å². The van der Waals surface area contributed by atoms with E-state index < -0.39 is 6.04 Å². The van der Waals surface area contributed by atoms with Crippen molar-refractivity contribution in [2.45, 2.75) is 62.8 Å². The molecule has 26 heavy (non-hydrogen) atoms. The number of likely N-dealkylation sites (tertiary alicyclic amines) is 1. The summed E-state index contributed by atoms with van der Waals surface area (Å²) >= 11 is 0. The summed E-state index contributed by atoms with van der Waals surface area (Å²) in [6, 6.07) is 7.47. The van der Waals surface area contributed by atoms with Crippen molar-refractivity contribution in [1.82, 2.24) is 15.2 Å². The quantitative estimate of drug-likeness (QED) is 0.819. The molecule has 6 heteroatoms. The van der Waals surface area contributed by atoms with Crippen molar-refractivity contribution in [2.75, 3.05) is 6.54 Å². The summed E-state index contributed by atoms with van der Waals surface area (Å²) in [6.45, 7) is 0.229. The summed E-state index contributed by atoms with van der Waals surface area (Å²) in [7, 11) is 0. The second-order valence-corrected chi connectivity index (χ2v) is 6.85. The van der Waals surface area contributed by atoms with E-state index in [-0.39, 0.29) is 30.6 Å². The Morgan fingerprint density at radius 3 is 2.69 bits per heavy atom. The molecule has 1 saturated carbocycles. The van der Waals surface area contributed by atoms with Crippen molar-refractivity contribution < 1.29 is 9.53 Å². The molecule has 2 aliphatic rings. The highest BCUT2D eigenvalue weighted by atomic mass is 16.5. The van der Waals surface area contributed by atoms with Crippen LogP contribution < -0.4 is 10.1 Å². The van der Waals surface area contributed by atoms with Crippen LogP contribution in [-0.2, 0) is 4.79 Å². The maximum Gasteiger partial charge on any atom is 0.238 e. The van der Waals surface area contributed by atoms with Crippen LogP contribution in [-0.4, -0.2) is 46.6 Å². The van der Waals surface area contributed by atoms with Gasteiger partial charge in [-0.15, -0.1) is 6.42 Å². The Kier molecular flexibility index (Phi) is 6.09. The lowest BCUT2D eigenvalue weighted by Crippen LogP contribution is -2.47. The zero-order chi connectivity index (χ0) is 18.4. The molecule has 2 fully saturated rings. The third-order valence-electron chi connectivity index (χ3n) is 5.16. The number of hydrogen-bond donors (Lipinski definition) is 1. The van der Waals surface area contributed by atoms with Crippen LogP contribution in [0.15, 0.2) is 24.4 Å². The van der Waals surface area contributed by atoms with E-state index in [4.69, 9.17) is 11.2 Å². The van der Waals surface area contributed by atoms with E-state index in [0.717, 1.165) is 25.7 Å². The second kappa shape index (κ2) is 8.69. The van der Waals surface area contributed by atoms with Gasteiger partial charge in [0.2, 0.25) is 11.8 Å². The van der Waals surface area contributed by atoms with Gasteiger partial charge in [-0.25, -0.2) is 4.98 Å². The van der Waals surface area contributed by atoms with Crippen LogP contribution >= 0.6 is 0 Å². The Morgan fingerprint density at radius 1 is 1.27 bits per heavy atom. The maximum atomic E-state index is 12.5. The molecule has 1 saturated heterocycles. The van der Waals surface area contributed by atoms with Crippen LogP contribution in [0, 0.1) is 23.7 Å². The van der Waals surface area contributed by atoms with E-state index in [9.17, 15) is 10.1 Å². The monoisotopic (exact) mass is 352 g/mol. The van der Waals surface area contributed by atoms with Gasteiger partial charge in [-0.05, 0) is 44.6 Å². The van der Waals surface area contributed by atoms with E-state index >= 15 is 0 Å². The Bertz CT molecular complexity index is 664. The molecule has 3 rings (SSSR count). The number of hydrogen-bond acceptors (Lipinski definition) is 5. The van der Waals surface area contributed by atoms with Crippen LogP contribution in [0.3, 0.4) is 0 Å². The van der Waals surface area contributed by atoms with Crippen LogP contribution in [0.4, 0.5) is 0 Å². The molecule has 0 spiro atoms. The highest BCUT2D eigenvalue weighted by molar-refractivity contribution is 5.80. The fraction of sp³-hybridized carbons (Fsp3) is 0.550. The number of ether oxygens (including phenoxy) is 1. The minimum Gasteiger partial charge on any atom is -0.474 e. The Morgan fingerprint density at radius 2 is 2.04 bits per heavy atom. The smallest absolute Gasteiger partial charge is 0.238 e. The molecule has 0 bridgehead atoms. The van der Waals surface area contributed by atoms with Gasteiger partial charge in [0.25, 0.3) is 0 Å². The van der Waals surface area contributed by atoms with E-state index in [1.165, 1.54) is 0 Å². The molecule has 1 aliphatic heterocycles. The average Bonchev–Trinajstić information content (AvgIpc) is 3.11. The van der Waals surface area contributed by atoms with Gasteiger partial charge >= 0.3 is 0 Å². The van der Waals surface area contributed by atoms with Gasteiger partial charge in [-0.2, -0.15) is 5.26 Å². The fourth-order valence-corrected chi connectivity index (χ4v) is 3.74. The number of terminal acetylenes is 1. The van der Waals surface area contributed by atoms with Gasteiger partial charge in [0.15, 0.2) is 0 Å². The largest absolute Gasteiger partial charge is 0.474 e. The molecule has 1 N–H and O–H groups in total. The number of nitrogens with zero attached hydrogens (tertiary/aromatic N) is 3. The zero-order valence-corrected chi connectivity index (χ0v) is 14.8. The fourth-order valence-electron chi connectivity index (χ4n) is 3.74. The predicted octanol–water partition coefficient (Wildman–Crippen LogP) is 1.88. The standard InChI is InChI=1S/C20H24N4O2/c1-2-16-8-9-17(13-21)24(16)20(25)14-23-15-6-10-18(11-7-15)26-19-5-3-4-12-22-19/h1,3-5,12,15-18,23H,6-11,14H2/t15-,16-,17-,18-/m0/s1. The SMILES string of the molecule is C#C[C@H]1CC[C@@H](C#N)N1C(=O)CN[C@H]1CC[C@H](Oc2ccccn2)CC1. The van der Waals surface area contributed by atoms with Gasteiger partial charge < -0.3 is 15.0 Å². The van der Waals surface area contributed by atoms with E-state index in [1.54, 1.807) is 11.1 Å². The minimum absolute atomic E-state index is 0.0798. The van der Waals surface area contributed by atoms with Crippen molar-refractivity contribution in [2.24, 2.45) is 0 Å². The summed E-state index contributed by atoms with van der Waals surface area (Å²) < 4.78 is 5.90. The summed E-state index contributed by atoms with van der Waals surface area (Å²) in [4.78, 5) is 18.3. The summed E-state index contributed by atoms with van der Waals surface area (Å²) in [5.74, 6) is 3.21. The molecular formula is C20H24N4O2. The molecule has 2 heterocycles. The molecule has 6 nitrogen and oxygen atoms in total. The maximum absolute atomic E-state index is 12.5. The Labute approximate surface area is 154 Å². The van der Waals surface area contributed by atoms with Crippen molar-refractivity contribution in [3.8, 4) is 24.3 Å². The van der Waals surface area contributed by atoms with Gasteiger partial charge in [0, 0.05) is 18.3 Å². The highest BCUT2D eigenvalue weighted by Crippen LogP contribution is 2.25. The first kappa shape index (κ1) is 18.2. The molecule has 0 radical (unpaired) electrons. The van der Waals surface area contributed by atoms with E-state index in [0.29, 0.717) is 18.7 Å². The predicted molar refractivity (Wildman–Crippen MR) is 97.0 cm³/mol. The Hall–Kier alpha value is -2.57. The lowest BCUT2D eigenvalue weighted by atomic mass is 9.93. The molecule has 1 aliphatic carbocycles. The van der Waals surface area contributed by atoms with Crippen LogP contribution in [0.1, 0.15) is 38.5 Å². The molecule has 0 aromatic carbocycles. The highest BCUT2D eigenvalue weighted by Gasteiger charge is 2.36. The van der Waals surface area contributed by atoms with Crippen molar-refractivity contribution in [3.05, 3.63) is 24.4 Å². The van der Waals surface area contributed by atoms with Crippen LogP contribution in [0.25, 0.3) is 0 Å². The third kappa shape index (κ3) is 4.33. The number of nitrogens with one attached hydrogen (secondary N) is 1. The number of carbonyl (C=O) groups is 1. The van der Waals surface area contributed by atoms with E-state index in [2.05, 4.69) is 22.3 Å². The molecular weight excluding hydrogens is 328 g/mol. The average molecular weight is 352 g/mol. The lowest BCUT2D eigenvalue weighted by molar-refractivity contribution is -0.131.